The van der Waals surface area contributed by atoms with Gasteiger partial charge in [0.05, 0.1) is 5.69 Å². The van der Waals surface area contributed by atoms with Gasteiger partial charge in [0.15, 0.2) is 11.1 Å². The Bertz CT molecular complexity index is 820. The van der Waals surface area contributed by atoms with Crippen LogP contribution in [0.2, 0.25) is 0 Å². The number of aromatic nitrogens is 1. The predicted molar refractivity (Wildman–Crippen MR) is 99.4 cm³/mol. The SMILES string of the molecule is c1ccc(-c2cc(-c3csc(NC4=NCCCN4)n3)cs2)cc1. The van der Waals surface area contributed by atoms with Crippen molar-refractivity contribution in [3.05, 3.63) is 47.2 Å². The van der Waals surface area contributed by atoms with Gasteiger partial charge in [0.2, 0.25) is 0 Å². The van der Waals surface area contributed by atoms with E-state index in [2.05, 4.69) is 61.7 Å². The van der Waals surface area contributed by atoms with E-state index >= 15 is 0 Å². The molecule has 23 heavy (non-hydrogen) atoms. The number of hydrogen-bond donors (Lipinski definition) is 2. The predicted octanol–water partition coefficient (Wildman–Crippen LogP) is 4.30. The Morgan fingerprint density at radius 3 is 2.78 bits per heavy atom. The largest absolute Gasteiger partial charge is 0.356 e. The second-order valence-electron chi connectivity index (χ2n) is 5.24. The highest BCUT2D eigenvalue weighted by Crippen LogP contribution is 2.33. The Hall–Kier alpha value is -2.18. The minimum atomic E-state index is 0.826. The summed E-state index contributed by atoms with van der Waals surface area (Å²) in [7, 11) is 0. The molecule has 0 saturated carbocycles. The first kappa shape index (κ1) is 14.4. The minimum Gasteiger partial charge on any atom is -0.356 e. The Labute approximate surface area is 142 Å². The maximum Gasteiger partial charge on any atom is 0.197 e. The van der Waals surface area contributed by atoms with Crippen molar-refractivity contribution in [1.82, 2.24) is 10.3 Å². The first-order valence-electron chi connectivity index (χ1n) is 7.54. The molecular formula is C17H16N4S2. The van der Waals surface area contributed by atoms with E-state index in [1.807, 2.05) is 6.07 Å². The zero-order valence-electron chi connectivity index (χ0n) is 12.5. The summed E-state index contributed by atoms with van der Waals surface area (Å²) in [4.78, 5) is 10.4. The second-order valence-corrected chi connectivity index (χ2v) is 7.01. The third-order valence-electron chi connectivity index (χ3n) is 3.58. The molecule has 2 aromatic heterocycles. The van der Waals surface area contributed by atoms with Gasteiger partial charge < -0.3 is 10.6 Å². The summed E-state index contributed by atoms with van der Waals surface area (Å²) >= 11 is 3.36. The van der Waals surface area contributed by atoms with E-state index < -0.39 is 0 Å². The molecule has 3 heterocycles. The van der Waals surface area contributed by atoms with Crippen LogP contribution in [0.25, 0.3) is 21.7 Å². The van der Waals surface area contributed by atoms with Crippen LogP contribution in [0.15, 0.2) is 52.2 Å². The molecule has 3 aromatic rings. The first-order valence-corrected chi connectivity index (χ1v) is 9.29. The fourth-order valence-electron chi connectivity index (χ4n) is 2.41. The maximum atomic E-state index is 4.67. The van der Waals surface area contributed by atoms with E-state index in [0.29, 0.717) is 0 Å². The van der Waals surface area contributed by atoms with Gasteiger partial charge in [-0.05, 0) is 18.1 Å². The Morgan fingerprint density at radius 1 is 1.04 bits per heavy atom. The normalized spacial score (nSPS) is 14.2. The van der Waals surface area contributed by atoms with E-state index in [9.17, 15) is 0 Å². The molecule has 0 amide bonds. The van der Waals surface area contributed by atoms with Crippen molar-refractivity contribution in [3.8, 4) is 21.7 Å². The molecule has 1 aliphatic rings. The quantitative estimate of drug-likeness (QED) is 0.747. The lowest BCUT2D eigenvalue weighted by Crippen LogP contribution is -2.35. The van der Waals surface area contributed by atoms with E-state index in [-0.39, 0.29) is 0 Å². The van der Waals surface area contributed by atoms with Crippen LogP contribution in [-0.4, -0.2) is 24.0 Å². The van der Waals surface area contributed by atoms with E-state index in [1.54, 1.807) is 22.7 Å². The summed E-state index contributed by atoms with van der Waals surface area (Å²) in [6, 6.07) is 12.6. The van der Waals surface area contributed by atoms with Crippen LogP contribution in [-0.2, 0) is 0 Å². The van der Waals surface area contributed by atoms with Gasteiger partial charge in [-0.15, -0.1) is 22.7 Å². The standard InChI is InChI=1S/C17H16N4S2/c1-2-5-12(6-3-1)15-9-13(10-22-15)14-11-23-17(20-14)21-16-18-7-4-8-19-16/h1-3,5-6,9-11H,4,7-8H2,(H2,18,19,20,21). The van der Waals surface area contributed by atoms with Gasteiger partial charge in [-0.25, -0.2) is 4.98 Å². The molecule has 1 aliphatic heterocycles. The first-order chi connectivity index (χ1) is 11.4. The number of thiophene rings is 1. The number of thiazole rings is 1. The molecule has 0 aliphatic carbocycles. The van der Waals surface area contributed by atoms with Crippen LogP contribution >= 0.6 is 22.7 Å². The van der Waals surface area contributed by atoms with Crippen LogP contribution in [0.4, 0.5) is 5.13 Å². The Balaban J connectivity index is 1.53. The molecule has 0 fully saturated rings. The van der Waals surface area contributed by atoms with Crippen LogP contribution < -0.4 is 10.6 Å². The van der Waals surface area contributed by atoms with Crippen molar-refractivity contribution >= 4 is 33.8 Å². The third kappa shape index (κ3) is 3.28. The summed E-state index contributed by atoms with van der Waals surface area (Å²) in [6.07, 6.45) is 1.09. The summed E-state index contributed by atoms with van der Waals surface area (Å²) in [6.45, 7) is 1.84. The molecule has 2 N–H and O–H groups in total. The summed E-state index contributed by atoms with van der Waals surface area (Å²) < 4.78 is 0. The van der Waals surface area contributed by atoms with E-state index in [4.69, 9.17) is 0 Å². The maximum absolute atomic E-state index is 4.67. The summed E-state index contributed by atoms with van der Waals surface area (Å²) in [5.41, 5.74) is 3.42. The molecule has 4 nitrogen and oxygen atoms in total. The van der Waals surface area contributed by atoms with Gasteiger partial charge in [0.1, 0.15) is 0 Å². The number of hydrogen-bond acceptors (Lipinski definition) is 6. The monoisotopic (exact) mass is 340 g/mol. The highest BCUT2D eigenvalue weighted by molar-refractivity contribution is 7.15. The van der Waals surface area contributed by atoms with Gasteiger partial charge in [-0.2, -0.15) is 0 Å². The highest BCUT2D eigenvalue weighted by atomic mass is 32.1. The fraction of sp³-hybridized carbons (Fsp3) is 0.176. The Kier molecular flexibility index (Phi) is 4.08. The number of rotatable bonds is 3. The number of benzene rings is 1. The van der Waals surface area contributed by atoms with Crippen molar-refractivity contribution in [3.63, 3.8) is 0 Å². The molecule has 0 bridgehead atoms. The van der Waals surface area contributed by atoms with Crippen molar-refractivity contribution in [2.24, 2.45) is 4.99 Å². The molecular weight excluding hydrogens is 324 g/mol. The lowest BCUT2D eigenvalue weighted by molar-refractivity contribution is 0.740. The average Bonchev–Trinajstić information content (AvgIpc) is 3.26. The molecule has 0 unspecified atom stereocenters. The van der Waals surface area contributed by atoms with Gasteiger partial charge in [0.25, 0.3) is 0 Å². The van der Waals surface area contributed by atoms with Crippen LogP contribution in [0.1, 0.15) is 6.42 Å². The van der Waals surface area contributed by atoms with Crippen molar-refractivity contribution in [1.29, 1.82) is 0 Å². The van der Waals surface area contributed by atoms with Crippen molar-refractivity contribution < 1.29 is 0 Å². The highest BCUT2D eigenvalue weighted by Gasteiger charge is 2.10. The number of guanidine groups is 1. The minimum absolute atomic E-state index is 0.826. The number of nitrogens with zero attached hydrogens (tertiary/aromatic N) is 2. The molecule has 0 atom stereocenters. The van der Waals surface area contributed by atoms with Crippen LogP contribution in [0.3, 0.4) is 0 Å². The zero-order valence-corrected chi connectivity index (χ0v) is 14.1. The second kappa shape index (κ2) is 6.52. The molecule has 116 valence electrons. The number of aliphatic imine (C=N–C) groups is 1. The van der Waals surface area contributed by atoms with Crippen LogP contribution in [0.5, 0.6) is 0 Å². The average molecular weight is 340 g/mol. The van der Waals surface area contributed by atoms with Gasteiger partial charge >= 0.3 is 0 Å². The molecule has 1 aromatic carbocycles. The van der Waals surface area contributed by atoms with Gasteiger partial charge in [-0.1, -0.05) is 30.3 Å². The lowest BCUT2D eigenvalue weighted by Gasteiger charge is -2.14. The zero-order chi connectivity index (χ0) is 15.5. The molecule has 6 heteroatoms. The number of anilines is 1. The number of nitrogens with one attached hydrogen (secondary N) is 2. The molecule has 4 rings (SSSR count). The third-order valence-corrected chi connectivity index (χ3v) is 5.32. The van der Waals surface area contributed by atoms with E-state index in [1.165, 1.54) is 10.4 Å². The topological polar surface area (TPSA) is 49.3 Å². The van der Waals surface area contributed by atoms with E-state index in [0.717, 1.165) is 41.9 Å². The van der Waals surface area contributed by atoms with Crippen LogP contribution in [0, 0.1) is 0 Å². The van der Waals surface area contributed by atoms with Crippen molar-refractivity contribution in [2.45, 2.75) is 6.42 Å². The van der Waals surface area contributed by atoms with Gasteiger partial charge in [0, 0.05) is 34.3 Å². The van der Waals surface area contributed by atoms with Gasteiger partial charge in [-0.3, -0.25) is 4.99 Å². The van der Waals surface area contributed by atoms with Crippen molar-refractivity contribution in [2.75, 3.05) is 18.4 Å². The molecule has 0 radical (unpaired) electrons. The smallest absolute Gasteiger partial charge is 0.197 e. The lowest BCUT2D eigenvalue weighted by atomic mass is 10.1. The fourth-order valence-corrected chi connectivity index (χ4v) is 4.03. The summed E-state index contributed by atoms with van der Waals surface area (Å²) in [5, 5.41) is 11.6. The molecule has 0 spiro atoms. The summed E-state index contributed by atoms with van der Waals surface area (Å²) in [5.74, 6) is 0.826. The molecule has 0 saturated heterocycles. The Morgan fingerprint density at radius 2 is 1.96 bits per heavy atom.